The summed E-state index contributed by atoms with van der Waals surface area (Å²) in [6.45, 7) is 5.99. The Morgan fingerprint density at radius 1 is 1.00 bits per heavy atom. The first-order valence-corrected chi connectivity index (χ1v) is 12.5. The van der Waals surface area contributed by atoms with E-state index in [2.05, 4.69) is 41.8 Å². The molecule has 1 unspecified atom stereocenters. The molecule has 0 saturated heterocycles. The lowest BCUT2D eigenvalue weighted by Crippen LogP contribution is -2.31. The Hall–Kier alpha value is -3.84. The Labute approximate surface area is 209 Å². The minimum absolute atomic E-state index is 0.159. The third kappa shape index (κ3) is 4.86. The molecule has 5 rings (SSSR count). The van der Waals surface area contributed by atoms with Crippen LogP contribution >= 0.6 is 11.8 Å². The summed E-state index contributed by atoms with van der Waals surface area (Å²) < 4.78 is 1.83. The minimum Gasteiger partial charge on any atom is -0.328 e. The summed E-state index contributed by atoms with van der Waals surface area (Å²) in [5.41, 5.74) is 6.62. The van der Waals surface area contributed by atoms with Crippen molar-refractivity contribution in [3.63, 3.8) is 0 Å². The Kier molecular flexibility index (Phi) is 6.42. The molecule has 7 heteroatoms. The normalized spacial score (nSPS) is 14.9. The number of carbonyl (C=O) groups is 1. The van der Waals surface area contributed by atoms with E-state index in [1.165, 1.54) is 11.1 Å². The number of rotatable bonds is 6. The van der Waals surface area contributed by atoms with E-state index < -0.39 is 6.04 Å². The van der Waals surface area contributed by atoms with E-state index in [9.17, 15) is 4.79 Å². The maximum atomic E-state index is 13.6. The van der Waals surface area contributed by atoms with Crippen LogP contribution in [0.5, 0.6) is 0 Å². The number of fused-ring (bicyclic) bond motifs is 1. The zero-order valence-electron chi connectivity index (χ0n) is 19.9. The van der Waals surface area contributed by atoms with Crippen LogP contribution in [0.2, 0.25) is 0 Å². The molecule has 0 saturated carbocycles. The van der Waals surface area contributed by atoms with E-state index in [4.69, 9.17) is 10.1 Å². The average Bonchev–Trinajstić information content (AvgIpc) is 3.26. The van der Waals surface area contributed by atoms with Crippen molar-refractivity contribution < 1.29 is 4.79 Å². The Morgan fingerprint density at radius 3 is 2.54 bits per heavy atom. The summed E-state index contributed by atoms with van der Waals surface area (Å²) in [7, 11) is 0. The number of thioether (sulfide) groups is 1. The number of amides is 1. The first-order chi connectivity index (χ1) is 17.0. The maximum Gasteiger partial charge on any atom is 0.255 e. The van der Waals surface area contributed by atoms with Crippen LogP contribution in [0.1, 0.15) is 35.2 Å². The quantitative estimate of drug-likeness (QED) is 0.325. The second-order valence-corrected chi connectivity index (χ2v) is 9.63. The minimum atomic E-state index is -0.391. The van der Waals surface area contributed by atoms with Gasteiger partial charge in [-0.25, -0.2) is 4.68 Å². The molecule has 1 atom stereocenters. The van der Waals surface area contributed by atoms with Gasteiger partial charge in [-0.1, -0.05) is 90.1 Å². The topological polar surface area (TPSA) is 71.8 Å². The van der Waals surface area contributed by atoms with Crippen LogP contribution in [-0.2, 0) is 10.5 Å². The standard InChI is InChI=1S/C28H27N5OS/c1-18-10-9-12-21(16-18)17-35-28-31-27-29-20(3)24(26(34)30-23-15-8-7-11-19(23)2)25(33(27)32-28)22-13-5-4-6-14-22/h4-16,25H,17H2,1-3H3,(H,30,34)(H,29,31,32). The number of allylic oxidation sites excluding steroid dienone is 1. The van der Waals surface area contributed by atoms with Gasteiger partial charge in [-0.2, -0.15) is 4.98 Å². The van der Waals surface area contributed by atoms with Gasteiger partial charge >= 0.3 is 0 Å². The van der Waals surface area contributed by atoms with Crippen molar-refractivity contribution in [1.29, 1.82) is 0 Å². The lowest BCUT2D eigenvalue weighted by Gasteiger charge is -2.28. The van der Waals surface area contributed by atoms with Crippen molar-refractivity contribution in [1.82, 2.24) is 14.8 Å². The van der Waals surface area contributed by atoms with Crippen molar-refractivity contribution in [2.24, 2.45) is 0 Å². The molecule has 2 heterocycles. The largest absolute Gasteiger partial charge is 0.328 e. The van der Waals surface area contributed by atoms with Crippen LogP contribution in [0.15, 0.2) is 95.3 Å². The molecule has 0 fully saturated rings. The van der Waals surface area contributed by atoms with Gasteiger partial charge in [0.2, 0.25) is 11.1 Å². The number of para-hydroxylation sites is 1. The lowest BCUT2D eigenvalue weighted by atomic mass is 9.95. The van der Waals surface area contributed by atoms with Gasteiger partial charge in [-0.3, -0.25) is 4.79 Å². The summed E-state index contributed by atoms with van der Waals surface area (Å²) >= 11 is 1.59. The smallest absolute Gasteiger partial charge is 0.255 e. The van der Waals surface area contributed by atoms with Crippen LogP contribution in [0.4, 0.5) is 11.6 Å². The molecule has 0 aliphatic carbocycles. The van der Waals surface area contributed by atoms with Crippen LogP contribution in [-0.4, -0.2) is 20.7 Å². The molecule has 6 nitrogen and oxygen atoms in total. The van der Waals surface area contributed by atoms with Gasteiger partial charge in [0.15, 0.2) is 0 Å². The number of aromatic nitrogens is 3. The van der Waals surface area contributed by atoms with E-state index in [1.807, 2.05) is 73.1 Å². The fraction of sp³-hybridized carbons (Fsp3) is 0.179. The molecule has 0 radical (unpaired) electrons. The zero-order chi connectivity index (χ0) is 24.4. The second-order valence-electron chi connectivity index (χ2n) is 8.69. The van der Waals surface area contributed by atoms with Gasteiger partial charge in [0.1, 0.15) is 6.04 Å². The van der Waals surface area contributed by atoms with Crippen LogP contribution < -0.4 is 10.6 Å². The van der Waals surface area contributed by atoms with Crippen molar-refractivity contribution in [3.8, 4) is 0 Å². The van der Waals surface area contributed by atoms with Crippen molar-refractivity contribution in [2.45, 2.75) is 37.7 Å². The molecule has 1 aliphatic heterocycles. The number of benzene rings is 3. The number of carbonyl (C=O) groups excluding carboxylic acids is 1. The van der Waals surface area contributed by atoms with Crippen molar-refractivity contribution in [3.05, 3.63) is 112 Å². The molecule has 0 spiro atoms. The molecule has 3 aromatic carbocycles. The lowest BCUT2D eigenvalue weighted by molar-refractivity contribution is -0.113. The number of nitrogens with one attached hydrogen (secondary N) is 2. The Bertz CT molecular complexity index is 1410. The van der Waals surface area contributed by atoms with E-state index in [1.54, 1.807) is 11.8 Å². The third-order valence-corrected chi connectivity index (χ3v) is 6.95. The van der Waals surface area contributed by atoms with Gasteiger partial charge in [-0.15, -0.1) is 5.10 Å². The van der Waals surface area contributed by atoms with Gasteiger partial charge in [-0.05, 0) is 43.5 Å². The summed E-state index contributed by atoms with van der Waals surface area (Å²) in [5, 5.41) is 11.9. The first kappa shape index (κ1) is 22.9. The predicted octanol–water partition coefficient (Wildman–Crippen LogP) is 6.11. The van der Waals surface area contributed by atoms with E-state index in [-0.39, 0.29) is 5.91 Å². The maximum absolute atomic E-state index is 13.6. The Morgan fingerprint density at radius 2 is 1.77 bits per heavy atom. The first-order valence-electron chi connectivity index (χ1n) is 11.5. The average molecular weight is 482 g/mol. The predicted molar refractivity (Wildman–Crippen MR) is 141 cm³/mol. The molecule has 35 heavy (non-hydrogen) atoms. The fourth-order valence-corrected chi connectivity index (χ4v) is 5.05. The highest BCUT2D eigenvalue weighted by molar-refractivity contribution is 7.98. The van der Waals surface area contributed by atoms with Crippen LogP contribution in [0, 0.1) is 13.8 Å². The molecule has 1 amide bonds. The number of hydrogen-bond acceptors (Lipinski definition) is 5. The van der Waals surface area contributed by atoms with Gasteiger partial charge in [0, 0.05) is 17.1 Å². The van der Waals surface area contributed by atoms with Crippen molar-refractivity contribution >= 4 is 29.3 Å². The molecule has 2 N–H and O–H groups in total. The highest BCUT2D eigenvalue weighted by Crippen LogP contribution is 2.37. The highest BCUT2D eigenvalue weighted by atomic mass is 32.2. The number of aryl methyl sites for hydroxylation is 2. The van der Waals surface area contributed by atoms with E-state index in [0.29, 0.717) is 16.7 Å². The second kappa shape index (κ2) is 9.80. The third-order valence-electron chi connectivity index (χ3n) is 6.04. The molecule has 0 bridgehead atoms. The number of hydrogen-bond donors (Lipinski definition) is 2. The van der Waals surface area contributed by atoms with Gasteiger partial charge < -0.3 is 10.6 Å². The molecule has 1 aromatic heterocycles. The van der Waals surface area contributed by atoms with Gasteiger partial charge in [0.25, 0.3) is 5.91 Å². The monoisotopic (exact) mass is 481 g/mol. The summed E-state index contributed by atoms with van der Waals surface area (Å²) in [6, 6.07) is 25.8. The zero-order valence-corrected chi connectivity index (χ0v) is 20.8. The molecular formula is C28H27N5OS. The number of anilines is 2. The van der Waals surface area contributed by atoms with Gasteiger partial charge in [0.05, 0.1) is 5.57 Å². The SMILES string of the molecule is CC1=C(C(=O)Nc2ccccc2C)C(c2ccccc2)n2nc(SCc3cccc(C)c3)nc2N1. The van der Waals surface area contributed by atoms with Crippen molar-refractivity contribution in [2.75, 3.05) is 10.6 Å². The summed E-state index contributed by atoms with van der Waals surface area (Å²) in [4.78, 5) is 18.3. The van der Waals surface area contributed by atoms with E-state index >= 15 is 0 Å². The van der Waals surface area contributed by atoms with Crippen LogP contribution in [0.25, 0.3) is 0 Å². The van der Waals surface area contributed by atoms with E-state index in [0.717, 1.165) is 28.3 Å². The Balaban J connectivity index is 1.48. The summed E-state index contributed by atoms with van der Waals surface area (Å²) in [6.07, 6.45) is 0. The summed E-state index contributed by atoms with van der Waals surface area (Å²) in [5.74, 6) is 1.25. The molecule has 4 aromatic rings. The molecular weight excluding hydrogens is 454 g/mol. The van der Waals surface area contributed by atoms with Crippen LogP contribution in [0.3, 0.4) is 0 Å². The molecule has 1 aliphatic rings. The number of nitrogens with zero attached hydrogens (tertiary/aromatic N) is 3. The fourth-order valence-electron chi connectivity index (χ4n) is 4.28. The molecule has 176 valence electrons. The highest BCUT2D eigenvalue weighted by Gasteiger charge is 2.34.